The molecule has 0 spiro atoms. The normalized spacial score (nSPS) is 24.9. The molecule has 3 heteroatoms. The molecule has 0 bridgehead atoms. The molecule has 1 aliphatic heterocycles. The fourth-order valence-corrected chi connectivity index (χ4v) is 2.52. The molecular weight excluding hydrogens is 222 g/mol. The van der Waals surface area contributed by atoms with Gasteiger partial charge in [0.05, 0.1) is 18.5 Å². The smallest absolute Gasteiger partial charge is 0.0643 e. The van der Waals surface area contributed by atoms with Crippen molar-refractivity contribution in [1.29, 1.82) is 5.26 Å². The molecule has 1 aliphatic rings. The summed E-state index contributed by atoms with van der Waals surface area (Å²) in [5, 5.41) is 8.98. The van der Waals surface area contributed by atoms with Gasteiger partial charge in [-0.15, -0.1) is 0 Å². The maximum Gasteiger partial charge on any atom is 0.0643 e. The van der Waals surface area contributed by atoms with Gasteiger partial charge in [-0.2, -0.15) is 5.26 Å². The summed E-state index contributed by atoms with van der Waals surface area (Å²) in [6.45, 7) is 6.29. The highest BCUT2D eigenvalue weighted by atomic mass is 15.3. The van der Waals surface area contributed by atoms with E-state index in [1.54, 1.807) is 0 Å². The molecule has 0 amide bonds. The van der Waals surface area contributed by atoms with E-state index in [1.165, 1.54) is 11.3 Å². The predicted molar refractivity (Wildman–Crippen MR) is 74.6 cm³/mol. The molecule has 2 atom stereocenters. The van der Waals surface area contributed by atoms with Crippen LogP contribution in [0.15, 0.2) is 24.3 Å². The van der Waals surface area contributed by atoms with Gasteiger partial charge in [0.25, 0.3) is 0 Å². The zero-order chi connectivity index (χ0) is 13.1. The van der Waals surface area contributed by atoms with Gasteiger partial charge in [0.1, 0.15) is 0 Å². The van der Waals surface area contributed by atoms with E-state index in [2.05, 4.69) is 61.0 Å². The minimum absolute atomic E-state index is 0.305. The summed E-state index contributed by atoms with van der Waals surface area (Å²) in [5.41, 5.74) is 2.51. The molecule has 1 fully saturated rings. The number of nitrogens with zero attached hydrogens (tertiary/aromatic N) is 3. The summed E-state index contributed by atoms with van der Waals surface area (Å²) >= 11 is 0. The van der Waals surface area contributed by atoms with E-state index in [0.717, 1.165) is 13.1 Å². The molecule has 0 N–H and O–H groups in total. The van der Waals surface area contributed by atoms with Crippen LogP contribution in [0.3, 0.4) is 0 Å². The van der Waals surface area contributed by atoms with E-state index in [1.807, 2.05) is 0 Å². The number of hydrogen-bond acceptors (Lipinski definition) is 3. The van der Waals surface area contributed by atoms with Crippen LogP contribution in [-0.4, -0.2) is 37.1 Å². The number of piperazine rings is 1. The number of anilines is 1. The Morgan fingerprint density at radius 2 is 1.94 bits per heavy atom. The average Bonchev–Trinajstić information content (AvgIpc) is 2.35. The first-order chi connectivity index (χ1) is 8.61. The van der Waals surface area contributed by atoms with E-state index < -0.39 is 0 Å². The fourth-order valence-electron chi connectivity index (χ4n) is 2.52. The molecule has 1 aromatic carbocycles. The van der Waals surface area contributed by atoms with Crippen LogP contribution in [0.5, 0.6) is 0 Å². The van der Waals surface area contributed by atoms with E-state index in [9.17, 15) is 0 Å². The fraction of sp³-hybridized carbons (Fsp3) is 0.533. The largest absolute Gasteiger partial charge is 0.365 e. The first-order valence-electron chi connectivity index (χ1n) is 6.52. The van der Waals surface area contributed by atoms with E-state index >= 15 is 0 Å². The van der Waals surface area contributed by atoms with Crippen molar-refractivity contribution in [3.05, 3.63) is 29.8 Å². The lowest BCUT2D eigenvalue weighted by atomic mass is 10.0. The maximum atomic E-state index is 8.98. The Morgan fingerprint density at radius 1 is 1.28 bits per heavy atom. The predicted octanol–water partition coefficient (Wildman–Crippen LogP) is 2.42. The van der Waals surface area contributed by atoms with Crippen LogP contribution in [0, 0.1) is 18.3 Å². The van der Waals surface area contributed by atoms with Crippen molar-refractivity contribution in [1.82, 2.24) is 4.90 Å². The van der Waals surface area contributed by atoms with Crippen LogP contribution in [0.4, 0.5) is 5.69 Å². The van der Waals surface area contributed by atoms with Crippen molar-refractivity contribution in [3.8, 4) is 6.07 Å². The first kappa shape index (κ1) is 12.9. The molecule has 0 radical (unpaired) electrons. The topological polar surface area (TPSA) is 30.3 Å². The minimum atomic E-state index is 0.305. The van der Waals surface area contributed by atoms with Crippen molar-refractivity contribution in [2.45, 2.75) is 32.4 Å². The monoisotopic (exact) mass is 243 g/mol. The second-order valence-electron chi connectivity index (χ2n) is 5.29. The quantitative estimate of drug-likeness (QED) is 0.799. The standard InChI is InChI=1S/C15H21N3/c1-12-4-6-14(7-5-12)18-10-13(2)17(3)11-15(18)8-9-16/h4-7,13,15H,8,10-11H2,1-3H3. The molecule has 3 nitrogen and oxygen atoms in total. The van der Waals surface area contributed by atoms with Crippen molar-refractivity contribution < 1.29 is 0 Å². The summed E-state index contributed by atoms with van der Waals surface area (Å²) in [7, 11) is 2.14. The van der Waals surface area contributed by atoms with Crippen LogP contribution in [0.25, 0.3) is 0 Å². The molecule has 1 saturated heterocycles. The van der Waals surface area contributed by atoms with Gasteiger partial charge in [0.2, 0.25) is 0 Å². The number of rotatable bonds is 2. The lowest BCUT2D eigenvalue weighted by molar-refractivity contribution is 0.201. The minimum Gasteiger partial charge on any atom is -0.365 e. The van der Waals surface area contributed by atoms with Crippen molar-refractivity contribution in [2.75, 3.05) is 25.0 Å². The Kier molecular flexibility index (Phi) is 3.88. The molecule has 1 heterocycles. The van der Waals surface area contributed by atoms with Gasteiger partial charge in [-0.3, -0.25) is 4.90 Å². The SMILES string of the molecule is Cc1ccc(N2CC(C)N(C)CC2CC#N)cc1. The highest BCUT2D eigenvalue weighted by Gasteiger charge is 2.29. The summed E-state index contributed by atoms with van der Waals surface area (Å²) < 4.78 is 0. The molecule has 0 saturated carbocycles. The van der Waals surface area contributed by atoms with Gasteiger partial charge in [-0.25, -0.2) is 0 Å². The molecule has 2 unspecified atom stereocenters. The number of nitriles is 1. The Morgan fingerprint density at radius 3 is 2.56 bits per heavy atom. The first-order valence-corrected chi connectivity index (χ1v) is 6.52. The second kappa shape index (κ2) is 5.41. The summed E-state index contributed by atoms with van der Waals surface area (Å²) in [5.74, 6) is 0. The Bertz CT molecular complexity index is 432. The summed E-state index contributed by atoms with van der Waals surface area (Å²) in [4.78, 5) is 4.72. The maximum absolute atomic E-state index is 8.98. The zero-order valence-corrected chi connectivity index (χ0v) is 11.4. The van der Waals surface area contributed by atoms with Gasteiger partial charge in [0, 0.05) is 24.8 Å². The summed E-state index contributed by atoms with van der Waals surface area (Å²) in [6, 6.07) is 11.8. The van der Waals surface area contributed by atoms with Crippen molar-refractivity contribution in [3.63, 3.8) is 0 Å². The lowest BCUT2D eigenvalue weighted by Crippen LogP contribution is -2.56. The van der Waals surface area contributed by atoms with Gasteiger partial charge >= 0.3 is 0 Å². The van der Waals surface area contributed by atoms with Crippen molar-refractivity contribution in [2.24, 2.45) is 0 Å². The Labute approximate surface area is 110 Å². The number of hydrogen-bond donors (Lipinski definition) is 0. The number of likely N-dealkylation sites (N-methyl/N-ethyl adjacent to an activating group) is 1. The molecule has 2 rings (SSSR count). The van der Waals surface area contributed by atoms with Gasteiger partial charge in [-0.1, -0.05) is 17.7 Å². The second-order valence-corrected chi connectivity index (χ2v) is 5.29. The third kappa shape index (κ3) is 2.65. The van der Waals surface area contributed by atoms with E-state index in [-0.39, 0.29) is 0 Å². The summed E-state index contributed by atoms with van der Waals surface area (Å²) in [6.07, 6.45) is 0.588. The average molecular weight is 243 g/mol. The Hall–Kier alpha value is -1.53. The molecule has 18 heavy (non-hydrogen) atoms. The number of aryl methyl sites for hydroxylation is 1. The molecular formula is C15H21N3. The highest BCUT2D eigenvalue weighted by Crippen LogP contribution is 2.24. The zero-order valence-electron chi connectivity index (χ0n) is 11.4. The van der Waals surface area contributed by atoms with Gasteiger partial charge < -0.3 is 4.90 Å². The molecule has 0 aromatic heterocycles. The van der Waals surface area contributed by atoms with E-state index in [4.69, 9.17) is 5.26 Å². The van der Waals surface area contributed by atoms with Crippen LogP contribution < -0.4 is 4.90 Å². The lowest BCUT2D eigenvalue weighted by Gasteiger charge is -2.44. The highest BCUT2D eigenvalue weighted by molar-refractivity contribution is 5.49. The van der Waals surface area contributed by atoms with Gasteiger partial charge in [0.15, 0.2) is 0 Å². The third-order valence-corrected chi connectivity index (χ3v) is 3.85. The van der Waals surface area contributed by atoms with E-state index in [0.29, 0.717) is 18.5 Å². The van der Waals surface area contributed by atoms with Gasteiger partial charge in [-0.05, 0) is 33.0 Å². The number of benzene rings is 1. The van der Waals surface area contributed by atoms with Crippen LogP contribution >= 0.6 is 0 Å². The molecule has 1 aromatic rings. The molecule has 0 aliphatic carbocycles. The molecule has 96 valence electrons. The van der Waals surface area contributed by atoms with Crippen LogP contribution in [0.1, 0.15) is 18.9 Å². The Balaban J connectivity index is 2.22. The third-order valence-electron chi connectivity index (χ3n) is 3.85. The van der Waals surface area contributed by atoms with Crippen LogP contribution in [0.2, 0.25) is 0 Å². The van der Waals surface area contributed by atoms with Crippen LogP contribution in [-0.2, 0) is 0 Å². The van der Waals surface area contributed by atoms with Crippen molar-refractivity contribution >= 4 is 5.69 Å².